The molecule has 0 saturated heterocycles. The molecule has 0 unspecified atom stereocenters. The van der Waals surface area contributed by atoms with Gasteiger partial charge in [0, 0.05) is 17.1 Å². The molecule has 0 aliphatic rings. The van der Waals surface area contributed by atoms with Crippen LogP contribution in [0.1, 0.15) is 17.8 Å². The van der Waals surface area contributed by atoms with Crippen molar-refractivity contribution in [3.05, 3.63) is 52.5 Å². The van der Waals surface area contributed by atoms with Gasteiger partial charge >= 0.3 is 0 Å². The average molecular weight is 409 g/mol. The van der Waals surface area contributed by atoms with Crippen LogP contribution in [0.15, 0.2) is 47.4 Å². The molecule has 0 saturated carbocycles. The monoisotopic (exact) mass is 408 g/mol. The number of aryl methyl sites for hydroxylation is 1. The molecule has 3 aromatic rings. The molecule has 26 heavy (non-hydrogen) atoms. The minimum atomic E-state index is -3.42. The van der Waals surface area contributed by atoms with E-state index in [1.165, 1.54) is 24.3 Å². The summed E-state index contributed by atoms with van der Waals surface area (Å²) in [5.74, 6) is -0.311. The van der Waals surface area contributed by atoms with E-state index < -0.39 is 9.84 Å². The van der Waals surface area contributed by atoms with Crippen molar-refractivity contribution in [2.24, 2.45) is 0 Å². The number of anilines is 1. The number of carbonyl (C=O) groups is 1. The van der Waals surface area contributed by atoms with Crippen LogP contribution in [-0.4, -0.2) is 25.1 Å². The lowest BCUT2D eigenvalue weighted by molar-refractivity contribution is -0.116. The maximum Gasteiger partial charge on any atom is 0.224 e. The van der Waals surface area contributed by atoms with Gasteiger partial charge in [-0.25, -0.2) is 13.4 Å². The Labute approximate surface area is 160 Å². The van der Waals surface area contributed by atoms with E-state index in [0.717, 1.165) is 15.2 Å². The molecule has 1 heterocycles. The molecule has 1 amide bonds. The summed E-state index contributed by atoms with van der Waals surface area (Å²) in [6, 6.07) is 11.6. The smallest absolute Gasteiger partial charge is 0.224 e. The number of fused-ring (bicyclic) bond motifs is 1. The van der Waals surface area contributed by atoms with Crippen LogP contribution in [0.5, 0.6) is 0 Å². The van der Waals surface area contributed by atoms with Crippen LogP contribution in [0.25, 0.3) is 10.2 Å². The summed E-state index contributed by atoms with van der Waals surface area (Å²) in [6.45, 7) is 1.93. The Hall–Kier alpha value is -1.96. The van der Waals surface area contributed by atoms with Crippen LogP contribution < -0.4 is 5.32 Å². The number of hydrogen-bond donors (Lipinski definition) is 1. The molecule has 0 bridgehead atoms. The van der Waals surface area contributed by atoms with Crippen molar-refractivity contribution >= 4 is 54.6 Å². The fourth-order valence-electron chi connectivity index (χ4n) is 2.53. The zero-order chi connectivity index (χ0) is 18.7. The lowest BCUT2D eigenvalue weighted by Gasteiger charge is -2.06. The Bertz CT molecular complexity index is 1040. The van der Waals surface area contributed by atoms with E-state index in [1.807, 2.05) is 25.1 Å². The molecule has 0 aliphatic heterocycles. The van der Waals surface area contributed by atoms with Gasteiger partial charge in [-0.2, -0.15) is 0 Å². The summed E-state index contributed by atoms with van der Waals surface area (Å²) in [6.07, 6.45) is 0.371. The number of nitrogens with one attached hydrogen (secondary N) is 1. The molecule has 0 fully saturated rings. The molecule has 2 aromatic carbocycles. The second-order valence-corrected chi connectivity index (χ2v) is 9.62. The molecule has 1 N–H and O–H groups in total. The first-order valence-corrected chi connectivity index (χ1v) is 10.8. The van der Waals surface area contributed by atoms with Crippen LogP contribution in [-0.2, 0) is 14.6 Å². The van der Waals surface area contributed by atoms with Crippen LogP contribution in [0.3, 0.4) is 0 Å². The van der Waals surface area contributed by atoms with Crippen molar-refractivity contribution in [1.29, 1.82) is 0 Å². The van der Waals surface area contributed by atoms with Gasteiger partial charge in [-0.3, -0.25) is 4.79 Å². The highest BCUT2D eigenvalue weighted by molar-refractivity contribution is 7.91. The Morgan fingerprint density at radius 1 is 1.19 bits per heavy atom. The number of halogens is 1. The van der Waals surface area contributed by atoms with Gasteiger partial charge in [0.2, 0.25) is 5.91 Å². The lowest BCUT2D eigenvalue weighted by atomic mass is 10.2. The first kappa shape index (κ1) is 18.8. The number of nitrogens with zero attached hydrogens (tertiary/aromatic N) is 1. The lowest BCUT2D eigenvalue weighted by Crippen LogP contribution is -2.14. The van der Waals surface area contributed by atoms with Gasteiger partial charge in [-0.05, 0) is 55.8 Å². The fourth-order valence-corrected chi connectivity index (χ4v) is 4.77. The summed E-state index contributed by atoms with van der Waals surface area (Å²) in [5, 5.41) is 4.24. The summed E-state index contributed by atoms with van der Waals surface area (Å²) in [4.78, 5) is 16.7. The minimum Gasteiger partial charge on any atom is -0.326 e. The van der Waals surface area contributed by atoms with Crippen molar-refractivity contribution in [2.45, 2.75) is 24.7 Å². The van der Waals surface area contributed by atoms with Crippen LogP contribution in [0, 0.1) is 6.92 Å². The number of hydrogen-bond acceptors (Lipinski definition) is 5. The minimum absolute atomic E-state index is 0.0909. The van der Waals surface area contributed by atoms with E-state index in [4.69, 9.17) is 11.6 Å². The Kier molecular flexibility index (Phi) is 5.60. The third-order valence-electron chi connectivity index (χ3n) is 3.77. The fraction of sp³-hybridized carbons (Fsp3) is 0.222. The molecule has 0 spiro atoms. The normalized spacial score (nSPS) is 11.6. The summed E-state index contributed by atoms with van der Waals surface area (Å²) in [7, 11) is -3.42. The first-order valence-electron chi connectivity index (χ1n) is 7.99. The summed E-state index contributed by atoms with van der Waals surface area (Å²) in [5.41, 5.74) is 1.50. The number of thiazole rings is 1. The van der Waals surface area contributed by atoms with Crippen molar-refractivity contribution in [3.63, 3.8) is 0 Å². The Balaban J connectivity index is 1.55. The molecular weight excluding hydrogens is 392 g/mol. The quantitative estimate of drug-likeness (QED) is 0.653. The van der Waals surface area contributed by atoms with E-state index in [2.05, 4.69) is 10.3 Å². The van der Waals surface area contributed by atoms with Gasteiger partial charge in [0.1, 0.15) is 0 Å². The summed E-state index contributed by atoms with van der Waals surface area (Å²) < 4.78 is 25.6. The Morgan fingerprint density at radius 2 is 1.92 bits per heavy atom. The van der Waals surface area contributed by atoms with Gasteiger partial charge in [0.25, 0.3) is 0 Å². The second kappa shape index (κ2) is 7.73. The van der Waals surface area contributed by atoms with E-state index >= 15 is 0 Å². The van der Waals surface area contributed by atoms with E-state index in [0.29, 0.717) is 10.7 Å². The van der Waals surface area contributed by atoms with Gasteiger partial charge in [0.05, 0.1) is 25.9 Å². The largest absolute Gasteiger partial charge is 0.326 e. The molecule has 1 aromatic heterocycles. The molecule has 136 valence electrons. The molecule has 5 nitrogen and oxygen atoms in total. The van der Waals surface area contributed by atoms with Gasteiger partial charge in [-0.1, -0.05) is 11.6 Å². The molecular formula is C18H17ClN2O3S2. The highest BCUT2D eigenvalue weighted by Crippen LogP contribution is 2.24. The highest BCUT2D eigenvalue weighted by atomic mass is 35.5. The number of aromatic nitrogens is 1. The number of carbonyl (C=O) groups excluding carboxylic acids is 1. The summed E-state index contributed by atoms with van der Waals surface area (Å²) >= 11 is 7.37. The maximum atomic E-state index is 12.3. The standard InChI is InChI=1S/C18H17ClN2O3S2/c1-12-20-16-11-14(6-9-17(16)25-12)21-18(22)3-2-10-26(23,24)15-7-4-13(19)5-8-15/h4-9,11H,2-3,10H2,1H3,(H,21,22). The van der Waals surface area contributed by atoms with Crippen molar-refractivity contribution in [2.75, 3.05) is 11.1 Å². The highest BCUT2D eigenvalue weighted by Gasteiger charge is 2.15. The maximum absolute atomic E-state index is 12.3. The van der Waals surface area contributed by atoms with E-state index in [9.17, 15) is 13.2 Å². The average Bonchev–Trinajstić information content (AvgIpc) is 2.94. The van der Waals surface area contributed by atoms with Gasteiger partial charge < -0.3 is 5.32 Å². The Morgan fingerprint density at radius 3 is 2.65 bits per heavy atom. The zero-order valence-electron chi connectivity index (χ0n) is 14.0. The molecule has 3 rings (SSSR count). The third kappa shape index (κ3) is 4.60. The number of sulfone groups is 1. The van der Waals surface area contributed by atoms with Crippen LogP contribution >= 0.6 is 22.9 Å². The topological polar surface area (TPSA) is 76.1 Å². The number of amides is 1. The molecule has 8 heteroatoms. The first-order chi connectivity index (χ1) is 12.3. The van der Waals surface area contributed by atoms with Crippen molar-refractivity contribution < 1.29 is 13.2 Å². The molecule has 0 aliphatic carbocycles. The zero-order valence-corrected chi connectivity index (χ0v) is 16.4. The molecule has 0 atom stereocenters. The SMILES string of the molecule is Cc1nc2cc(NC(=O)CCCS(=O)(=O)c3ccc(Cl)cc3)ccc2s1. The van der Waals surface area contributed by atoms with Crippen molar-refractivity contribution in [3.8, 4) is 0 Å². The van der Waals surface area contributed by atoms with E-state index in [-0.39, 0.29) is 29.4 Å². The van der Waals surface area contributed by atoms with Gasteiger partial charge in [0.15, 0.2) is 9.84 Å². The second-order valence-electron chi connectivity index (χ2n) is 5.84. The van der Waals surface area contributed by atoms with Crippen LogP contribution in [0.2, 0.25) is 5.02 Å². The predicted molar refractivity (Wildman–Crippen MR) is 106 cm³/mol. The number of benzene rings is 2. The van der Waals surface area contributed by atoms with Crippen molar-refractivity contribution in [1.82, 2.24) is 4.98 Å². The number of rotatable bonds is 6. The third-order valence-corrected chi connectivity index (χ3v) is 6.79. The van der Waals surface area contributed by atoms with Gasteiger partial charge in [-0.15, -0.1) is 11.3 Å². The van der Waals surface area contributed by atoms with E-state index in [1.54, 1.807) is 11.3 Å². The van der Waals surface area contributed by atoms with Crippen LogP contribution in [0.4, 0.5) is 5.69 Å². The molecule has 0 radical (unpaired) electrons. The predicted octanol–water partition coefficient (Wildman–Crippen LogP) is 4.45.